The Balaban J connectivity index is 1.02. The highest BCUT2D eigenvalue weighted by atomic mass is 19.1. The van der Waals surface area contributed by atoms with Crippen LogP contribution >= 0.6 is 0 Å². The van der Waals surface area contributed by atoms with Crippen molar-refractivity contribution in [2.24, 2.45) is 11.8 Å². The van der Waals surface area contributed by atoms with Gasteiger partial charge in [-0.2, -0.15) is 0 Å². The van der Waals surface area contributed by atoms with Gasteiger partial charge in [0.25, 0.3) is 0 Å². The van der Waals surface area contributed by atoms with Gasteiger partial charge in [-0.1, -0.05) is 39.8 Å². The van der Waals surface area contributed by atoms with E-state index < -0.39 is 24.3 Å². The Bertz CT molecular complexity index is 2510. The molecular weight excluding hydrogens is 868 g/mol. The molecule has 4 saturated heterocycles. The lowest BCUT2D eigenvalue weighted by atomic mass is 10.0. The number of carbonyl (C=O) groups is 4. The molecule has 4 aliphatic heterocycles. The summed E-state index contributed by atoms with van der Waals surface area (Å²) >= 11 is 0. The third-order valence-corrected chi connectivity index (χ3v) is 14.6. The third kappa shape index (κ3) is 9.15. The van der Waals surface area contributed by atoms with Gasteiger partial charge in [0.15, 0.2) is 0 Å². The zero-order valence-electron chi connectivity index (χ0n) is 40.0. The maximum atomic E-state index is 16.4. The molecule has 0 bridgehead atoms. The van der Waals surface area contributed by atoms with E-state index in [0.29, 0.717) is 30.4 Å². The Morgan fingerprint density at radius 1 is 0.618 bits per heavy atom. The molecule has 0 unspecified atom stereocenters. The third-order valence-electron chi connectivity index (χ3n) is 14.6. The lowest BCUT2D eigenvalue weighted by Gasteiger charge is -2.34. The van der Waals surface area contributed by atoms with Crippen LogP contribution in [0.1, 0.15) is 132 Å². The van der Waals surface area contributed by atoms with Crippen LogP contribution in [0.2, 0.25) is 0 Å². The van der Waals surface area contributed by atoms with E-state index in [-0.39, 0.29) is 53.6 Å². The topological polar surface area (TPSA) is 181 Å². The first-order valence-electron chi connectivity index (χ1n) is 24.4. The van der Waals surface area contributed by atoms with E-state index in [2.05, 4.69) is 60.7 Å². The van der Waals surface area contributed by atoms with Crippen LogP contribution in [0, 0.1) is 17.7 Å². The second-order valence-corrected chi connectivity index (χ2v) is 19.6. The SMILES string of the molecule is COC(=O)N[C@H](C(=O)N1CCC[C@H]1c1nc2cc([C@H]3CC[C@H](c4ccc5[nH]c([C@@H]6CCCN6C(=O)[C@@H](NC(=O)OC)C(C)C)nc5c4)N3c3ccc(N4CCCCC4)c(F)c3)ccc2[nH]1)C(C)C. The quantitative estimate of drug-likeness (QED) is 0.0945. The monoisotopic (exact) mass is 933 g/mol. The van der Waals surface area contributed by atoms with Gasteiger partial charge in [-0.3, -0.25) is 9.59 Å². The van der Waals surface area contributed by atoms with Crippen LogP contribution < -0.4 is 20.4 Å². The van der Waals surface area contributed by atoms with Crippen LogP contribution in [0.25, 0.3) is 22.1 Å². The molecule has 16 nitrogen and oxygen atoms in total. The average molecular weight is 933 g/mol. The van der Waals surface area contributed by atoms with Gasteiger partial charge in [0.1, 0.15) is 29.5 Å². The fourth-order valence-electron chi connectivity index (χ4n) is 11.1. The summed E-state index contributed by atoms with van der Waals surface area (Å²) in [6.45, 7) is 10.4. The number of carbonyl (C=O) groups excluding carboxylic acids is 4. The molecule has 0 saturated carbocycles. The number of aromatic nitrogens is 4. The van der Waals surface area contributed by atoms with Crippen molar-refractivity contribution in [3.8, 4) is 0 Å². The van der Waals surface area contributed by atoms with E-state index in [0.717, 1.165) is 110 Å². The van der Waals surface area contributed by atoms with Crippen molar-refractivity contribution in [3.05, 3.63) is 83.2 Å². The summed E-state index contributed by atoms with van der Waals surface area (Å²) in [5.74, 6) is 0.561. The number of piperidine rings is 1. The average Bonchev–Trinajstić information content (AvgIpc) is 4.20. The highest BCUT2D eigenvalue weighted by Gasteiger charge is 2.41. The molecule has 0 aliphatic carbocycles. The number of methoxy groups -OCH3 is 2. The molecule has 4 aliphatic rings. The Hall–Kier alpha value is -6.39. The maximum absolute atomic E-state index is 16.4. The fourth-order valence-corrected chi connectivity index (χ4v) is 11.1. The number of anilines is 2. The number of likely N-dealkylation sites (tertiary alicyclic amines) is 2. The Labute approximate surface area is 396 Å². The predicted octanol–water partition coefficient (Wildman–Crippen LogP) is 8.74. The number of hydrogen-bond acceptors (Lipinski definition) is 10. The second-order valence-electron chi connectivity index (χ2n) is 19.6. The van der Waals surface area contributed by atoms with Crippen molar-refractivity contribution in [3.63, 3.8) is 0 Å². The van der Waals surface area contributed by atoms with E-state index >= 15 is 4.39 Å². The Kier molecular flexibility index (Phi) is 13.5. The highest BCUT2D eigenvalue weighted by molar-refractivity contribution is 5.88. The first-order valence-corrected chi connectivity index (χ1v) is 24.4. The van der Waals surface area contributed by atoms with Gasteiger partial charge in [-0.05, 0) is 123 Å². The van der Waals surface area contributed by atoms with Crippen molar-refractivity contribution in [2.45, 2.75) is 122 Å². The zero-order valence-corrected chi connectivity index (χ0v) is 40.0. The van der Waals surface area contributed by atoms with Gasteiger partial charge in [-0.25, -0.2) is 23.9 Å². The molecule has 68 heavy (non-hydrogen) atoms. The van der Waals surface area contributed by atoms with Crippen LogP contribution in [0.3, 0.4) is 0 Å². The molecule has 3 aromatic carbocycles. The van der Waals surface area contributed by atoms with Gasteiger partial charge >= 0.3 is 12.2 Å². The first kappa shape index (κ1) is 46.7. The summed E-state index contributed by atoms with van der Waals surface area (Å²) in [5, 5.41) is 5.46. The number of halogens is 1. The van der Waals surface area contributed by atoms with E-state index in [1.807, 2.05) is 55.7 Å². The number of imidazole rings is 2. The van der Waals surface area contributed by atoms with Crippen molar-refractivity contribution in [2.75, 3.05) is 50.2 Å². The number of nitrogens with zero attached hydrogens (tertiary/aromatic N) is 6. The summed E-state index contributed by atoms with van der Waals surface area (Å²) in [5.41, 5.74) is 6.81. The molecular formula is C51H65FN10O6. The Morgan fingerprint density at radius 2 is 1.10 bits per heavy atom. The molecule has 6 atom stereocenters. The van der Waals surface area contributed by atoms with E-state index in [1.54, 1.807) is 6.07 Å². The molecule has 9 rings (SSSR count). The Morgan fingerprint density at radius 3 is 1.54 bits per heavy atom. The predicted molar refractivity (Wildman–Crippen MR) is 258 cm³/mol. The lowest BCUT2D eigenvalue weighted by Crippen LogP contribution is -2.51. The molecule has 2 aromatic heterocycles. The van der Waals surface area contributed by atoms with Crippen molar-refractivity contribution in [1.29, 1.82) is 0 Å². The molecule has 4 amide bonds. The maximum Gasteiger partial charge on any atom is 0.407 e. The van der Waals surface area contributed by atoms with Crippen LogP contribution in [0.4, 0.5) is 25.4 Å². The molecule has 5 aromatic rings. The van der Waals surface area contributed by atoms with Crippen molar-refractivity contribution >= 4 is 57.4 Å². The molecule has 362 valence electrons. The standard InChI is InChI=1S/C51H65FN10O6/c1-29(2)44(57-50(65)67-5)48(63)60-24-10-12-42(60)46-53-35-17-14-31(26-37(35)55-46)39-20-21-40(62(39)33-16-19-41(34(52)28-33)59-22-8-7-9-23-59)32-15-18-36-38(27-32)56-47(54-36)43-13-11-25-61(43)49(64)45(30(3)4)58-51(66)68-6/h14-19,26-30,39-40,42-45H,7-13,20-25H2,1-6H3,(H,53,55)(H,54,56)(H,57,65)(H,58,66)/t39-,40-,42+,43+,44+,45+/m1/s1. The second kappa shape index (κ2) is 19.7. The van der Waals surface area contributed by atoms with E-state index in [4.69, 9.17) is 19.4 Å². The number of ether oxygens (including phenoxy) is 2. The number of amides is 4. The van der Waals surface area contributed by atoms with Crippen LogP contribution in [-0.2, 0) is 19.1 Å². The van der Waals surface area contributed by atoms with Crippen LogP contribution in [-0.4, -0.2) is 106 Å². The zero-order chi connectivity index (χ0) is 47.8. The summed E-state index contributed by atoms with van der Waals surface area (Å²) in [6.07, 6.45) is 6.68. The van der Waals surface area contributed by atoms with Crippen LogP contribution in [0.5, 0.6) is 0 Å². The van der Waals surface area contributed by atoms with Gasteiger partial charge in [0, 0.05) is 31.9 Å². The fraction of sp³-hybridized carbons (Fsp3) is 0.529. The summed E-state index contributed by atoms with van der Waals surface area (Å²) in [6, 6.07) is 16.0. The molecule has 4 N–H and O–H groups in total. The van der Waals surface area contributed by atoms with E-state index in [9.17, 15) is 19.2 Å². The minimum Gasteiger partial charge on any atom is -0.453 e. The molecule has 6 heterocycles. The van der Waals surface area contributed by atoms with Crippen molar-refractivity contribution < 1.29 is 33.0 Å². The van der Waals surface area contributed by atoms with Crippen molar-refractivity contribution in [1.82, 2.24) is 40.4 Å². The number of alkyl carbamates (subject to hydrolysis) is 2. The molecule has 4 fully saturated rings. The first-order chi connectivity index (χ1) is 32.8. The number of fused-ring (bicyclic) bond motifs is 2. The van der Waals surface area contributed by atoms with Gasteiger partial charge < -0.3 is 49.7 Å². The summed E-state index contributed by atoms with van der Waals surface area (Å²) in [7, 11) is 2.58. The lowest BCUT2D eigenvalue weighted by molar-refractivity contribution is -0.136. The molecule has 0 radical (unpaired) electrons. The molecule has 0 spiro atoms. The molecule has 17 heteroatoms. The van der Waals surface area contributed by atoms with E-state index in [1.165, 1.54) is 14.2 Å². The number of nitrogens with one attached hydrogen (secondary N) is 4. The van der Waals surface area contributed by atoms with Gasteiger partial charge in [0.2, 0.25) is 11.8 Å². The minimum atomic E-state index is -0.732. The smallest absolute Gasteiger partial charge is 0.407 e. The number of H-pyrrole nitrogens is 2. The minimum absolute atomic E-state index is 0.110. The number of rotatable bonds is 12. The number of aromatic amines is 2. The highest BCUT2D eigenvalue weighted by Crippen LogP contribution is 2.48. The summed E-state index contributed by atoms with van der Waals surface area (Å²) < 4.78 is 26.0. The summed E-state index contributed by atoms with van der Waals surface area (Å²) in [4.78, 5) is 77.6. The normalized spacial score (nSPS) is 21.8. The largest absolute Gasteiger partial charge is 0.453 e. The van der Waals surface area contributed by atoms with Gasteiger partial charge in [-0.15, -0.1) is 0 Å². The number of benzene rings is 3. The van der Waals surface area contributed by atoms with Gasteiger partial charge in [0.05, 0.1) is 66.1 Å². The van der Waals surface area contributed by atoms with Crippen LogP contribution in [0.15, 0.2) is 54.6 Å². The number of hydrogen-bond donors (Lipinski definition) is 4.